The van der Waals surface area contributed by atoms with Gasteiger partial charge in [-0.15, -0.1) is 0 Å². The van der Waals surface area contributed by atoms with Gasteiger partial charge in [-0.1, -0.05) is 0 Å². The van der Waals surface area contributed by atoms with Gasteiger partial charge < -0.3 is 14.8 Å². The number of hydrogen-bond acceptors (Lipinski definition) is 5. The van der Waals surface area contributed by atoms with Crippen molar-refractivity contribution in [2.45, 2.75) is 17.7 Å². The molecule has 0 amide bonds. The highest BCUT2D eigenvalue weighted by molar-refractivity contribution is 9.10. The number of hydrogen-bond donors (Lipinski definition) is 2. The molecule has 6 nitrogen and oxygen atoms in total. The number of sulfonamides is 1. The highest BCUT2D eigenvalue weighted by Crippen LogP contribution is 2.35. The monoisotopic (exact) mass is 392 g/mol. The van der Waals surface area contributed by atoms with Gasteiger partial charge in [-0.3, -0.25) is 0 Å². The van der Waals surface area contributed by atoms with Crippen LogP contribution in [0.4, 0.5) is 0 Å². The Bertz CT molecular complexity index is 616. The van der Waals surface area contributed by atoms with E-state index in [-0.39, 0.29) is 10.6 Å². The third-order valence-electron chi connectivity index (χ3n) is 3.69. The summed E-state index contributed by atoms with van der Waals surface area (Å²) in [5, 5.41) is 3.27. The summed E-state index contributed by atoms with van der Waals surface area (Å²) in [6.45, 7) is 2.26. The Morgan fingerprint density at radius 1 is 1.32 bits per heavy atom. The average Bonchev–Trinajstić information content (AvgIpc) is 2.53. The lowest BCUT2D eigenvalue weighted by Crippen LogP contribution is -2.38. The van der Waals surface area contributed by atoms with Crippen LogP contribution in [0, 0.1) is 5.92 Å². The molecule has 2 N–H and O–H groups in total. The SMILES string of the molecule is COc1cc(OC)c(S(=O)(=O)NCC2CCCNC2)cc1Br. The molecule has 0 bridgehead atoms. The van der Waals surface area contributed by atoms with Gasteiger partial charge in [-0.2, -0.15) is 0 Å². The molecule has 0 aliphatic carbocycles. The van der Waals surface area contributed by atoms with Crippen LogP contribution in [0.3, 0.4) is 0 Å². The predicted octanol–water partition coefficient (Wildman–Crippen LogP) is 1.74. The lowest BCUT2D eigenvalue weighted by molar-refractivity contribution is 0.373. The van der Waals surface area contributed by atoms with Gasteiger partial charge in [0.2, 0.25) is 10.0 Å². The van der Waals surface area contributed by atoms with Crippen LogP contribution in [0.25, 0.3) is 0 Å². The van der Waals surface area contributed by atoms with E-state index in [4.69, 9.17) is 9.47 Å². The van der Waals surface area contributed by atoms with Gasteiger partial charge in [0.15, 0.2) is 0 Å². The maximum atomic E-state index is 12.5. The van der Waals surface area contributed by atoms with E-state index in [9.17, 15) is 8.42 Å². The van der Waals surface area contributed by atoms with Gasteiger partial charge in [0.05, 0.1) is 18.7 Å². The quantitative estimate of drug-likeness (QED) is 0.770. The number of piperidine rings is 1. The molecule has 1 atom stereocenters. The zero-order chi connectivity index (χ0) is 16.2. The summed E-state index contributed by atoms with van der Waals surface area (Å²) in [5.41, 5.74) is 0. The summed E-state index contributed by atoms with van der Waals surface area (Å²) in [6.07, 6.45) is 2.10. The molecule has 124 valence electrons. The van der Waals surface area contributed by atoms with E-state index < -0.39 is 10.0 Å². The second-order valence-electron chi connectivity index (χ2n) is 5.20. The van der Waals surface area contributed by atoms with Crippen molar-refractivity contribution in [1.29, 1.82) is 0 Å². The van der Waals surface area contributed by atoms with Crippen molar-refractivity contribution in [2.24, 2.45) is 5.92 Å². The highest BCUT2D eigenvalue weighted by atomic mass is 79.9. The topological polar surface area (TPSA) is 76.7 Å². The standard InChI is InChI=1S/C14H21BrN2O4S/c1-20-12-7-13(21-2)14(6-11(12)15)22(18,19)17-9-10-4-3-5-16-8-10/h6-7,10,16-17H,3-5,8-9H2,1-2H3. The van der Waals surface area contributed by atoms with Crippen molar-refractivity contribution in [1.82, 2.24) is 10.0 Å². The molecule has 2 rings (SSSR count). The van der Waals surface area contributed by atoms with Crippen LogP contribution in [0.2, 0.25) is 0 Å². The largest absolute Gasteiger partial charge is 0.495 e. The van der Waals surface area contributed by atoms with Crippen molar-refractivity contribution >= 4 is 26.0 Å². The summed E-state index contributed by atoms with van der Waals surface area (Å²) in [5.74, 6) is 1.10. The number of nitrogens with one attached hydrogen (secondary N) is 2. The number of rotatable bonds is 6. The minimum Gasteiger partial charge on any atom is -0.495 e. The van der Waals surface area contributed by atoms with Crippen LogP contribution in [0.5, 0.6) is 11.5 Å². The Kier molecular flexibility index (Phi) is 6.08. The average molecular weight is 393 g/mol. The third kappa shape index (κ3) is 4.13. The molecule has 22 heavy (non-hydrogen) atoms. The predicted molar refractivity (Wildman–Crippen MR) is 88.0 cm³/mol. The van der Waals surface area contributed by atoms with Gasteiger partial charge in [-0.25, -0.2) is 13.1 Å². The van der Waals surface area contributed by atoms with E-state index in [0.717, 1.165) is 25.9 Å². The first-order valence-electron chi connectivity index (χ1n) is 7.10. The maximum absolute atomic E-state index is 12.5. The Morgan fingerprint density at radius 2 is 2.05 bits per heavy atom. The molecule has 1 aromatic rings. The smallest absolute Gasteiger partial charge is 0.244 e. The molecule has 0 aromatic heterocycles. The molecule has 1 aliphatic heterocycles. The molecular formula is C14H21BrN2O4S. The molecule has 1 aliphatic rings. The van der Waals surface area contributed by atoms with Crippen molar-refractivity contribution in [3.63, 3.8) is 0 Å². The van der Waals surface area contributed by atoms with Crippen LogP contribution in [-0.4, -0.2) is 42.3 Å². The van der Waals surface area contributed by atoms with Crippen molar-refractivity contribution in [3.05, 3.63) is 16.6 Å². The Hall–Kier alpha value is -0.830. The molecule has 0 radical (unpaired) electrons. The first-order chi connectivity index (χ1) is 10.5. The van der Waals surface area contributed by atoms with E-state index in [1.807, 2.05) is 0 Å². The fourth-order valence-electron chi connectivity index (χ4n) is 2.45. The second-order valence-corrected chi connectivity index (χ2v) is 7.79. The summed E-state index contributed by atoms with van der Waals surface area (Å²) < 4.78 is 38.7. The first-order valence-corrected chi connectivity index (χ1v) is 9.37. The van der Waals surface area contributed by atoms with Crippen molar-refractivity contribution in [3.8, 4) is 11.5 Å². The highest BCUT2D eigenvalue weighted by Gasteiger charge is 2.23. The molecule has 1 aromatic carbocycles. The Morgan fingerprint density at radius 3 is 2.64 bits per heavy atom. The maximum Gasteiger partial charge on any atom is 0.244 e. The van der Waals surface area contributed by atoms with E-state index >= 15 is 0 Å². The minimum absolute atomic E-state index is 0.103. The molecule has 8 heteroatoms. The molecule has 1 unspecified atom stereocenters. The van der Waals surface area contributed by atoms with Crippen LogP contribution >= 0.6 is 15.9 Å². The summed E-state index contributed by atoms with van der Waals surface area (Å²) in [7, 11) is -0.685. The molecule has 1 saturated heterocycles. The van der Waals surface area contributed by atoms with E-state index in [1.165, 1.54) is 20.3 Å². The number of halogens is 1. The lowest BCUT2D eigenvalue weighted by atomic mass is 10.0. The van der Waals surface area contributed by atoms with Gasteiger partial charge >= 0.3 is 0 Å². The summed E-state index contributed by atoms with van der Waals surface area (Å²) in [4.78, 5) is 0.103. The van der Waals surface area contributed by atoms with E-state index in [2.05, 4.69) is 26.0 Å². The number of methoxy groups -OCH3 is 2. The van der Waals surface area contributed by atoms with Crippen molar-refractivity contribution in [2.75, 3.05) is 33.9 Å². The second kappa shape index (κ2) is 7.63. The summed E-state index contributed by atoms with van der Waals surface area (Å²) >= 11 is 3.31. The third-order valence-corrected chi connectivity index (χ3v) is 5.75. The zero-order valence-corrected chi connectivity index (χ0v) is 15.1. The zero-order valence-electron chi connectivity index (χ0n) is 12.7. The molecular weight excluding hydrogens is 372 g/mol. The van der Waals surface area contributed by atoms with Crippen LogP contribution in [-0.2, 0) is 10.0 Å². The molecule has 0 saturated carbocycles. The van der Waals surface area contributed by atoms with Crippen LogP contribution in [0.1, 0.15) is 12.8 Å². The first kappa shape index (κ1) is 17.5. The minimum atomic E-state index is -3.64. The molecule has 0 spiro atoms. The van der Waals surface area contributed by atoms with Crippen LogP contribution < -0.4 is 19.5 Å². The van der Waals surface area contributed by atoms with Crippen molar-refractivity contribution < 1.29 is 17.9 Å². The molecule has 1 heterocycles. The summed E-state index contributed by atoms with van der Waals surface area (Å²) in [6, 6.07) is 3.06. The van der Waals surface area contributed by atoms with Gasteiger partial charge in [-0.05, 0) is 53.8 Å². The lowest BCUT2D eigenvalue weighted by Gasteiger charge is -2.23. The number of ether oxygens (including phenoxy) is 2. The number of benzene rings is 1. The normalized spacial score (nSPS) is 19.0. The van der Waals surface area contributed by atoms with E-state index in [1.54, 1.807) is 6.07 Å². The van der Waals surface area contributed by atoms with Gasteiger partial charge in [0.1, 0.15) is 16.4 Å². The van der Waals surface area contributed by atoms with E-state index in [0.29, 0.717) is 22.7 Å². The fraction of sp³-hybridized carbons (Fsp3) is 0.571. The molecule has 1 fully saturated rings. The Labute approximate surface area is 139 Å². The van der Waals surface area contributed by atoms with Crippen LogP contribution in [0.15, 0.2) is 21.5 Å². The fourth-order valence-corrected chi connectivity index (χ4v) is 4.39. The van der Waals surface area contributed by atoms with Gasteiger partial charge in [0.25, 0.3) is 0 Å². The van der Waals surface area contributed by atoms with Gasteiger partial charge in [0, 0.05) is 12.6 Å². The Balaban J connectivity index is 2.19.